The molecule has 2 aromatic carbocycles. The first kappa shape index (κ1) is 29.2. The summed E-state index contributed by atoms with van der Waals surface area (Å²) in [6.07, 6.45) is 6.53. The average molecular weight is 551 g/mol. The number of methoxy groups -OCH3 is 1. The SMILES string of the molecule is COc1ccc(C2CC(=O)Oc3cc4c(c(O)c32)C(=O)OC(C)CCCC(=O)CCC/C=C/4)cc1OCC(C)C. The Morgan fingerprint density at radius 1 is 1.07 bits per heavy atom. The van der Waals surface area contributed by atoms with Gasteiger partial charge in [0.1, 0.15) is 22.8 Å². The Kier molecular flexibility index (Phi) is 9.50. The topological polar surface area (TPSA) is 108 Å². The smallest absolute Gasteiger partial charge is 0.342 e. The highest BCUT2D eigenvalue weighted by molar-refractivity contribution is 5.98. The lowest BCUT2D eigenvalue weighted by Gasteiger charge is -2.28. The zero-order valence-corrected chi connectivity index (χ0v) is 23.7. The number of cyclic esters (lactones) is 1. The number of carbonyl (C=O) groups is 3. The predicted molar refractivity (Wildman–Crippen MR) is 150 cm³/mol. The van der Waals surface area contributed by atoms with Gasteiger partial charge < -0.3 is 24.1 Å². The third kappa shape index (κ3) is 6.84. The van der Waals surface area contributed by atoms with Crippen LogP contribution in [-0.4, -0.2) is 42.6 Å². The van der Waals surface area contributed by atoms with Gasteiger partial charge in [0.25, 0.3) is 0 Å². The van der Waals surface area contributed by atoms with E-state index in [4.69, 9.17) is 18.9 Å². The molecule has 4 rings (SSSR count). The lowest BCUT2D eigenvalue weighted by atomic mass is 9.83. The monoisotopic (exact) mass is 550 g/mol. The summed E-state index contributed by atoms with van der Waals surface area (Å²) in [4.78, 5) is 38.3. The fourth-order valence-electron chi connectivity index (χ4n) is 5.08. The Labute approximate surface area is 235 Å². The third-order valence-corrected chi connectivity index (χ3v) is 7.14. The number of esters is 2. The highest BCUT2D eigenvalue weighted by Crippen LogP contribution is 2.48. The fraction of sp³-hybridized carbons (Fsp3) is 0.469. The summed E-state index contributed by atoms with van der Waals surface area (Å²) in [5.74, 6) is -0.192. The van der Waals surface area contributed by atoms with Crippen LogP contribution in [0.15, 0.2) is 30.3 Å². The van der Waals surface area contributed by atoms with Crippen LogP contribution in [0.5, 0.6) is 23.0 Å². The van der Waals surface area contributed by atoms with Crippen LogP contribution in [0, 0.1) is 5.92 Å². The number of hydrogen-bond donors (Lipinski definition) is 1. The molecule has 0 aliphatic carbocycles. The number of Topliss-reactive ketones (excluding diaryl/α,β-unsaturated/α-hetero) is 1. The van der Waals surface area contributed by atoms with Crippen LogP contribution in [0.1, 0.15) is 98.7 Å². The number of rotatable bonds is 5. The molecule has 2 atom stereocenters. The van der Waals surface area contributed by atoms with Gasteiger partial charge in [0.05, 0.1) is 26.2 Å². The molecule has 2 unspecified atom stereocenters. The second-order valence-electron chi connectivity index (χ2n) is 10.9. The van der Waals surface area contributed by atoms with Crippen molar-refractivity contribution in [1.29, 1.82) is 0 Å². The maximum absolute atomic E-state index is 13.4. The molecule has 0 spiro atoms. The van der Waals surface area contributed by atoms with Gasteiger partial charge in [0.15, 0.2) is 11.5 Å². The fourth-order valence-corrected chi connectivity index (χ4v) is 5.08. The molecular weight excluding hydrogens is 512 g/mol. The molecule has 0 amide bonds. The summed E-state index contributed by atoms with van der Waals surface area (Å²) < 4.78 is 22.7. The van der Waals surface area contributed by atoms with Crippen LogP contribution in [0.4, 0.5) is 0 Å². The van der Waals surface area contributed by atoms with E-state index in [2.05, 4.69) is 0 Å². The van der Waals surface area contributed by atoms with Crippen molar-refractivity contribution >= 4 is 23.8 Å². The van der Waals surface area contributed by atoms with Gasteiger partial charge in [-0.25, -0.2) is 4.79 Å². The number of phenolic OH excluding ortho intramolecular Hbond substituents is 1. The van der Waals surface area contributed by atoms with Crippen molar-refractivity contribution in [2.24, 2.45) is 5.92 Å². The number of hydrogen-bond acceptors (Lipinski definition) is 8. The molecular formula is C32H38O8. The standard InChI is InChI=1S/C32H38O8/c1-19(2)18-38-26-15-21(13-14-25(26)37-4)24-17-28(34)40-27-16-22-10-6-5-7-11-23(33)12-8-9-20(3)39-32(36)29(22)31(35)30(24)27/h6,10,13-16,19-20,24,35H,5,7-9,11-12,17-18H2,1-4H3/b10-6+. The van der Waals surface area contributed by atoms with Crippen molar-refractivity contribution in [3.63, 3.8) is 0 Å². The van der Waals surface area contributed by atoms with Gasteiger partial charge in [-0.2, -0.15) is 0 Å². The summed E-state index contributed by atoms with van der Waals surface area (Å²) in [7, 11) is 1.56. The molecule has 2 heterocycles. The van der Waals surface area contributed by atoms with Gasteiger partial charge in [-0.1, -0.05) is 32.1 Å². The Morgan fingerprint density at radius 2 is 1.85 bits per heavy atom. The van der Waals surface area contributed by atoms with E-state index in [0.717, 1.165) is 5.56 Å². The largest absolute Gasteiger partial charge is 0.507 e. The number of fused-ring (bicyclic) bond motifs is 2. The van der Waals surface area contributed by atoms with Gasteiger partial charge in [-0.15, -0.1) is 0 Å². The van der Waals surface area contributed by atoms with Gasteiger partial charge >= 0.3 is 11.9 Å². The summed E-state index contributed by atoms with van der Waals surface area (Å²) in [6.45, 7) is 6.34. The highest BCUT2D eigenvalue weighted by atomic mass is 16.5. The number of allylic oxidation sites excluding steroid dienone is 1. The molecule has 0 bridgehead atoms. The quantitative estimate of drug-likeness (QED) is 0.339. The number of ether oxygens (including phenoxy) is 4. The van der Waals surface area contributed by atoms with Crippen LogP contribution in [0.25, 0.3) is 6.08 Å². The van der Waals surface area contributed by atoms with Crippen molar-refractivity contribution in [2.45, 2.75) is 77.7 Å². The van der Waals surface area contributed by atoms with Crippen LogP contribution in [-0.2, 0) is 14.3 Å². The van der Waals surface area contributed by atoms with E-state index in [1.807, 2.05) is 26.0 Å². The number of ketones is 1. The van der Waals surface area contributed by atoms with Crippen molar-refractivity contribution in [1.82, 2.24) is 0 Å². The lowest BCUT2D eigenvalue weighted by molar-refractivity contribution is -0.135. The molecule has 2 aromatic rings. The summed E-state index contributed by atoms with van der Waals surface area (Å²) in [5.41, 5.74) is 1.49. The molecule has 0 radical (unpaired) electrons. The molecule has 2 aliphatic rings. The minimum absolute atomic E-state index is 0.0232. The first-order chi connectivity index (χ1) is 19.2. The Morgan fingerprint density at radius 3 is 2.60 bits per heavy atom. The van der Waals surface area contributed by atoms with Gasteiger partial charge in [0, 0.05) is 24.3 Å². The lowest BCUT2D eigenvalue weighted by Crippen LogP contribution is -2.23. The predicted octanol–water partition coefficient (Wildman–Crippen LogP) is 6.36. The van der Waals surface area contributed by atoms with Crippen molar-refractivity contribution in [3.05, 3.63) is 52.6 Å². The molecule has 0 aromatic heterocycles. The van der Waals surface area contributed by atoms with E-state index in [1.165, 1.54) is 0 Å². The molecule has 1 N–H and O–H groups in total. The van der Waals surface area contributed by atoms with E-state index in [0.29, 0.717) is 73.7 Å². The number of phenols is 1. The van der Waals surface area contributed by atoms with E-state index in [1.54, 1.807) is 38.3 Å². The first-order valence-electron chi connectivity index (χ1n) is 14.0. The van der Waals surface area contributed by atoms with Crippen LogP contribution < -0.4 is 14.2 Å². The maximum Gasteiger partial charge on any atom is 0.342 e. The molecule has 2 aliphatic heterocycles. The van der Waals surface area contributed by atoms with Crippen LogP contribution in [0.3, 0.4) is 0 Å². The van der Waals surface area contributed by atoms with Crippen molar-refractivity contribution < 1.29 is 38.4 Å². The molecule has 40 heavy (non-hydrogen) atoms. The normalized spacial score (nSPS) is 21.0. The van der Waals surface area contributed by atoms with Gasteiger partial charge in [0.2, 0.25) is 0 Å². The number of benzene rings is 2. The van der Waals surface area contributed by atoms with Gasteiger partial charge in [-0.3, -0.25) is 9.59 Å². The second kappa shape index (κ2) is 13.0. The Hall–Kier alpha value is -3.81. The third-order valence-electron chi connectivity index (χ3n) is 7.14. The van der Waals surface area contributed by atoms with Crippen LogP contribution in [0.2, 0.25) is 0 Å². The summed E-state index contributed by atoms with van der Waals surface area (Å²) >= 11 is 0. The van der Waals surface area contributed by atoms with Crippen molar-refractivity contribution in [3.8, 4) is 23.0 Å². The Balaban J connectivity index is 1.80. The maximum atomic E-state index is 13.4. The number of aromatic hydroxyl groups is 1. The highest BCUT2D eigenvalue weighted by Gasteiger charge is 2.36. The molecule has 0 fully saturated rings. The molecule has 214 valence electrons. The second-order valence-corrected chi connectivity index (χ2v) is 10.9. The summed E-state index contributed by atoms with van der Waals surface area (Å²) in [6, 6.07) is 7.00. The Bertz CT molecular complexity index is 1290. The minimum Gasteiger partial charge on any atom is -0.507 e. The zero-order valence-electron chi connectivity index (χ0n) is 23.7. The minimum atomic E-state index is -0.665. The van der Waals surface area contributed by atoms with E-state index in [9.17, 15) is 19.5 Å². The molecule has 0 saturated carbocycles. The van der Waals surface area contributed by atoms with E-state index < -0.39 is 24.0 Å². The molecule has 8 heteroatoms. The number of carbonyl (C=O) groups excluding carboxylic acids is 3. The van der Waals surface area contributed by atoms with E-state index in [-0.39, 0.29) is 29.3 Å². The summed E-state index contributed by atoms with van der Waals surface area (Å²) in [5, 5.41) is 11.6. The molecule has 0 saturated heterocycles. The van der Waals surface area contributed by atoms with Gasteiger partial charge in [-0.05, 0) is 67.9 Å². The average Bonchev–Trinajstić information content (AvgIpc) is 2.90. The zero-order chi connectivity index (χ0) is 28.8. The van der Waals surface area contributed by atoms with Crippen LogP contribution >= 0.6 is 0 Å². The van der Waals surface area contributed by atoms with E-state index >= 15 is 0 Å². The first-order valence-corrected chi connectivity index (χ1v) is 14.0. The van der Waals surface area contributed by atoms with Crippen molar-refractivity contribution in [2.75, 3.05) is 13.7 Å². The molecule has 8 nitrogen and oxygen atoms in total.